The van der Waals surface area contributed by atoms with E-state index in [1.807, 2.05) is 57.2 Å². The van der Waals surface area contributed by atoms with E-state index in [1.165, 1.54) is 0 Å². The smallest absolute Gasteiger partial charge is 0.269 e. The molecule has 0 atom stereocenters. The highest BCUT2D eigenvalue weighted by Crippen LogP contribution is 2.21. The Morgan fingerprint density at radius 2 is 1.74 bits per heavy atom. The second kappa shape index (κ2) is 6.39. The van der Waals surface area contributed by atoms with Gasteiger partial charge in [-0.2, -0.15) is 5.10 Å². The average Bonchev–Trinajstić information content (AvgIpc) is 3.08. The van der Waals surface area contributed by atoms with E-state index in [9.17, 15) is 4.79 Å². The van der Waals surface area contributed by atoms with Crippen molar-refractivity contribution in [2.45, 2.75) is 20.8 Å². The van der Waals surface area contributed by atoms with E-state index < -0.39 is 0 Å². The van der Waals surface area contributed by atoms with Crippen molar-refractivity contribution >= 4 is 11.0 Å². The summed E-state index contributed by atoms with van der Waals surface area (Å²) in [7, 11) is 1.61. The van der Waals surface area contributed by atoms with Gasteiger partial charge in [0, 0.05) is 0 Å². The maximum Gasteiger partial charge on any atom is 0.269 e. The summed E-state index contributed by atoms with van der Waals surface area (Å²) >= 11 is 0. The van der Waals surface area contributed by atoms with Crippen LogP contribution in [0.4, 0.5) is 0 Å². The number of methoxy groups -OCH3 is 1. The third-order valence-electron chi connectivity index (χ3n) is 4.69. The van der Waals surface area contributed by atoms with Crippen molar-refractivity contribution in [2.24, 2.45) is 0 Å². The largest absolute Gasteiger partial charge is 0.497 e. The Balaban J connectivity index is 1.94. The lowest BCUT2D eigenvalue weighted by atomic mass is 10.1. The maximum absolute atomic E-state index is 13.1. The lowest BCUT2D eigenvalue weighted by Gasteiger charge is -2.12. The molecule has 0 saturated heterocycles. The van der Waals surface area contributed by atoms with Crippen molar-refractivity contribution in [3.8, 4) is 17.1 Å². The number of hydrogen-bond donors (Lipinski definition) is 0. The van der Waals surface area contributed by atoms with Crippen molar-refractivity contribution in [3.63, 3.8) is 0 Å². The van der Waals surface area contributed by atoms with Crippen molar-refractivity contribution < 1.29 is 4.74 Å². The van der Waals surface area contributed by atoms with Gasteiger partial charge in [-0.25, -0.2) is 9.67 Å². The second-order valence-corrected chi connectivity index (χ2v) is 6.58. The van der Waals surface area contributed by atoms with Gasteiger partial charge in [-0.05, 0) is 62.2 Å². The topological polar surface area (TPSA) is 61.9 Å². The standard InChI is InChI=1S/C21H20N4O2/c1-13-5-6-14(2)19(11-13)25-20-18(12-22-25)21(26)24(15(3)23-20)16-7-9-17(27-4)10-8-16/h5-12H,1-4H3. The molecule has 0 fully saturated rings. The normalized spacial score (nSPS) is 11.1. The van der Waals surface area contributed by atoms with Crippen LogP contribution >= 0.6 is 0 Å². The highest BCUT2D eigenvalue weighted by molar-refractivity contribution is 5.76. The van der Waals surface area contributed by atoms with Gasteiger partial charge in [0.25, 0.3) is 5.56 Å². The molecule has 0 aliphatic carbocycles. The van der Waals surface area contributed by atoms with E-state index in [4.69, 9.17) is 9.72 Å². The summed E-state index contributed by atoms with van der Waals surface area (Å²) in [4.78, 5) is 17.8. The van der Waals surface area contributed by atoms with Crippen LogP contribution in [0.3, 0.4) is 0 Å². The molecule has 0 aliphatic heterocycles. The van der Waals surface area contributed by atoms with Crippen LogP contribution in [0.1, 0.15) is 17.0 Å². The molecule has 4 aromatic rings. The molecule has 0 bridgehead atoms. The summed E-state index contributed by atoms with van der Waals surface area (Å²) in [6.45, 7) is 5.88. The van der Waals surface area contributed by atoms with Gasteiger partial charge in [0.2, 0.25) is 0 Å². The molecular formula is C21H20N4O2. The van der Waals surface area contributed by atoms with E-state index in [2.05, 4.69) is 11.2 Å². The average molecular weight is 360 g/mol. The Hall–Kier alpha value is -3.41. The molecular weight excluding hydrogens is 340 g/mol. The SMILES string of the molecule is COc1ccc(-n2c(C)nc3c(cnn3-c3cc(C)ccc3C)c2=O)cc1. The molecule has 0 spiro atoms. The molecule has 6 heteroatoms. The number of fused-ring (bicyclic) bond motifs is 1. The Morgan fingerprint density at radius 1 is 1.00 bits per heavy atom. The van der Waals surface area contributed by atoms with Gasteiger partial charge in [0.05, 0.1) is 24.7 Å². The van der Waals surface area contributed by atoms with E-state index in [-0.39, 0.29) is 5.56 Å². The first-order valence-corrected chi connectivity index (χ1v) is 8.69. The lowest BCUT2D eigenvalue weighted by molar-refractivity contribution is 0.414. The first-order valence-electron chi connectivity index (χ1n) is 8.69. The molecule has 0 amide bonds. The van der Waals surface area contributed by atoms with Gasteiger partial charge < -0.3 is 4.74 Å². The molecule has 0 aliphatic rings. The molecule has 2 aromatic heterocycles. The number of aryl methyl sites for hydroxylation is 3. The van der Waals surface area contributed by atoms with Gasteiger partial charge in [-0.15, -0.1) is 0 Å². The minimum Gasteiger partial charge on any atom is -0.497 e. The van der Waals surface area contributed by atoms with Crippen LogP contribution in [0, 0.1) is 20.8 Å². The zero-order valence-corrected chi connectivity index (χ0v) is 15.7. The van der Waals surface area contributed by atoms with E-state index in [0.717, 1.165) is 28.3 Å². The predicted octanol–water partition coefficient (Wildman–Crippen LogP) is 3.51. The highest BCUT2D eigenvalue weighted by Gasteiger charge is 2.16. The highest BCUT2D eigenvalue weighted by atomic mass is 16.5. The molecule has 27 heavy (non-hydrogen) atoms. The summed E-state index contributed by atoms with van der Waals surface area (Å²) in [6.07, 6.45) is 1.59. The van der Waals surface area contributed by atoms with Crippen molar-refractivity contribution in [3.05, 3.63) is 76.0 Å². The number of hydrogen-bond acceptors (Lipinski definition) is 4. The Kier molecular flexibility index (Phi) is 4.03. The fraction of sp³-hybridized carbons (Fsp3) is 0.190. The van der Waals surface area contributed by atoms with Gasteiger partial charge in [-0.1, -0.05) is 12.1 Å². The van der Waals surface area contributed by atoms with Crippen LogP contribution in [-0.4, -0.2) is 26.4 Å². The maximum atomic E-state index is 13.1. The fourth-order valence-corrected chi connectivity index (χ4v) is 3.23. The molecule has 0 saturated carbocycles. The van der Waals surface area contributed by atoms with Gasteiger partial charge in [-0.3, -0.25) is 9.36 Å². The summed E-state index contributed by atoms with van der Waals surface area (Å²) in [5, 5.41) is 4.94. The third kappa shape index (κ3) is 2.79. The first-order chi connectivity index (χ1) is 13.0. The van der Waals surface area contributed by atoms with Crippen LogP contribution in [0.5, 0.6) is 5.75 Å². The summed E-state index contributed by atoms with van der Waals surface area (Å²) in [6, 6.07) is 13.5. The second-order valence-electron chi connectivity index (χ2n) is 6.58. The van der Waals surface area contributed by atoms with Crippen molar-refractivity contribution in [1.29, 1.82) is 0 Å². The number of rotatable bonds is 3. The molecule has 0 N–H and O–H groups in total. The molecule has 136 valence electrons. The van der Waals surface area contributed by atoms with Gasteiger partial charge in [0.1, 0.15) is 17.0 Å². The number of benzene rings is 2. The summed E-state index contributed by atoms with van der Waals surface area (Å²) < 4.78 is 8.53. The number of ether oxygens (including phenoxy) is 1. The monoisotopic (exact) mass is 360 g/mol. The first kappa shape index (κ1) is 17.0. The van der Waals surface area contributed by atoms with Crippen LogP contribution < -0.4 is 10.3 Å². The molecule has 2 heterocycles. The molecule has 4 rings (SSSR count). The van der Waals surface area contributed by atoms with E-state index in [1.54, 1.807) is 22.6 Å². The van der Waals surface area contributed by atoms with E-state index in [0.29, 0.717) is 16.9 Å². The Bertz CT molecular complexity index is 1200. The Morgan fingerprint density at radius 3 is 2.44 bits per heavy atom. The van der Waals surface area contributed by atoms with Crippen molar-refractivity contribution in [1.82, 2.24) is 19.3 Å². The minimum absolute atomic E-state index is 0.140. The van der Waals surface area contributed by atoms with E-state index >= 15 is 0 Å². The third-order valence-corrected chi connectivity index (χ3v) is 4.69. The zero-order valence-electron chi connectivity index (χ0n) is 15.7. The number of nitrogens with zero attached hydrogens (tertiary/aromatic N) is 4. The van der Waals surface area contributed by atoms with Gasteiger partial charge >= 0.3 is 0 Å². The van der Waals surface area contributed by atoms with Crippen molar-refractivity contribution in [2.75, 3.05) is 7.11 Å². The predicted molar refractivity (Wildman–Crippen MR) is 105 cm³/mol. The van der Waals surface area contributed by atoms with Crippen LogP contribution in [-0.2, 0) is 0 Å². The summed E-state index contributed by atoms with van der Waals surface area (Å²) in [5.74, 6) is 1.34. The van der Waals surface area contributed by atoms with Crippen LogP contribution in [0.15, 0.2) is 53.5 Å². The number of aromatic nitrogens is 4. The molecule has 0 unspecified atom stereocenters. The van der Waals surface area contributed by atoms with Crippen LogP contribution in [0.2, 0.25) is 0 Å². The molecule has 0 radical (unpaired) electrons. The van der Waals surface area contributed by atoms with Gasteiger partial charge in [0.15, 0.2) is 5.65 Å². The Labute approximate surface area is 156 Å². The lowest BCUT2D eigenvalue weighted by Crippen LogP contribution is -2.22. The minimum atomic E-state index is -0.140. The molecule has 6 nitrogen and oxygen atoms in total. The zero-order chi connectivity index (χ0) is 19.1. The quantitative estimate of drug-likeness (QED) is 0.561. The molecule has 2 aromatic carbocycles. The fourth-order valence-electron chi connectivity index (χ4n) is 3.23. The summed E-state index contributed by atoms with van der Waals surface area (Å²) in [5.41, 5.74) is 4.30. The van der Waals surface area contributed by atoms with Crippen LogP contribution in [0.25, 0.3) is 22.4 Å².